The van der Waals surface area contributed by atoms with E-state index in [1.807, 2.05) is 6.92 Å². The maximum atomic E-state index is 13.0. The van der Waals surface area contributed by atoms with Gasteiger partial charge < -0.3 is 5.11 Å². The van der Waals surface area contributed by atoms with Crippen molar-refractivity contribution >= 4 is 17.3 Å². The highest BCUT2D eigenvalue weighted by molar-refractivity contribution is 7.17. The molecule has 7 heteroatoms. The maximum Gasteiger partial charge on any atom is 0.417 e. The first kappa shape index (κ1) is 15.5. The number of carboxylic acids is 1. The number of aromatic carboxylic acids is 1. The molecule has 0 radical (unpaired) electrons. The molecule has 0 amide bonds. The second kappa shape index (κ2) is 5.85. The molecule has 21 heavy (non-hydrogen) atoms. The van der Waals surface area contributed by atoms with Gasteiger partial charge >= 0.3 is 12.1 Å². The van der Waals surface area contributed by atoms with Gasteiger partial charge in [-0.05, 0) is 12.5 Å². The molecule has 1 aromatic heterocycles. The van der Waals surface area contributed by atoms with Crippen molar-refractivity contribution in [3.8, 4) is 10.6 Å². The van der Waals surface area contributed by atoms with Crippen molar-refractivity contribution in [2.45, 2.75) is 25.9 Å². The van der Waals surface area contributed by atoms with Crippen LogP contribution in [0, 0.1) is 0 Å². The average molecular weight is 315 g/mol. The second-order valence-corrected chi connectivity index (χ2v) is 5.39. The number of rotatable bonds is 4. The number of thiazole rings is 1. The molecule has 0 aliphatic heterocycles. The van der Waals surface area contributed by atoms with Gasteiger partial charge in [0.25, 0.3) is 0 Å². The Morgan fingerprint density at radius 1 is 1.33 bits per heavy atom. The summed E-state index contributed by atoms with van der Waals surface area (Å²) in [7, 11) is 0. The highest BCUT2D eigenvalue weighted by Crippen LogP contribution is 2.39. The highest BCUT2D eigenvalue weighted by Gasteiger charge is 2.34. The number of aromatic nitrogens is 1. The standard InChI is InChI=1S/C14H12F3NO2S/c1-2-5-10-11(13(19)20)21-12(18-10)8-6-3-4-7-9(8)14(15,16)17/h3-4,6-7H,2,5H2,1H3,(H,19,20). The monoisotopic (exact) mass is 315 g/mol. The van der Waals surface area contributed by atoms with E-state index in [-0.39, 0.29) is 15.4 Å². The Balaban J connectivity index is 2.58. The lowest BCUT2D eigenvalue weighted by molar-refractivity contribution is -0.137. The van der Waals surface area contributed by atoms with E-state index in [1.165, 1.54) is 18.2 Å². The summed E-state index contributed by atoms with van der Waals surface area (Å²) >= 11 is 0.780. The van der Waals surface area contributed by atoms with E-state index >= 15 is 0 Å². The number of halogens is 3. The van der Waals surface area contributed by atoms with Crippen LogP contribution in [0.1, 0.15) is 34.3 Å². The third-order valence-corrected chi connectivity index (χ3v) is 3.96. The summed E-state index contributed by atoms with van der Waals surface area (Å²) in [5.41, 5.74) is -0.555. The van der Waals surface area contributed by atoms with E-state index in [0.29, 0.717) is 18.5 Å². The van der Waals surface area contributed by atoms with Crippen LogP contribution in [0.2, 0.25) is 0 Å². The fraction of sp³-hybridized carbons (Fsp3) is 0.286. The Morgan fingerprint density at radius 2 is 2.00 bits per heavy atom. The molecule has 112 valence electrons. The number of aryl methyl sites for hydroxylation is 1. The molecular formula is C14H12F3NO2S. The fourth-order valence-corrected chi connectivity index (χ4v) is 2.95. The van der Waals surface area contributed by atoms with Gasteiger partial charge in [-0.3, -0.25) is 0 Å². The van der Waals surface area contributed by atoms with Crippen LogP contribution in [0.4, 0.5) is 13.2 Å². The van der Waals surface area contributed by atoms with Gasteiger partial charge in [-0.15, -0.1) is 11.3 Å². The number of hydrogen-bond donors (Lipinski definition) is 1. The zero-order valence-electron chi connectivity index (χ0n) is 11.1. The molecule has 1 aromatic carbocycles. The fourth-order valence-electron chi connectivity index (χ4n) is 1.96. The van der Waals surface area contributed by atoms with Gasteiger partial charge in [0.1, 0.15) is 9.88 Å². The maximum absolute atomic E-state index is 13.0. The van der Waals surface area contributed by atoms with Crippen molar-refractivity contribution in [2.24, 2.45) is 0 Å². The molecule has 0 aliphatic rings. The second-order valence-electron chi connectivity index (χ2n) is 4.39. The minimum Gasteiger partial charge on any atom is -0.477 e. The van der Waals surface area contributed by atoms with Gasteiger partial charge in [-0.2, -0.15) is 13.2 Å². The van der Waals surface area contributed by atoms with E-state index in [1.54, 1.807) is 0 Å². The summed E-state index contributed by atoms with van der Waals surface area (Å²) in [5.74, 6) is -1.16. The molecule has 0 fully saturated rings. The molecule has 0 spiro atoms. The van der Waals surface area contributed by atoms with Crippen molar-refractivity contribution in [3.63, 3.8) is 0 Å². The molecule has 2 rings (SSSR count). The van der Waals surface area contributed by atoms with Crippen LogP contribution in [-0.4, -0.2) is 16.1 Å². The predicted octanol–water partition coefficient (Wildman–Crippen LogP) is 4.48. The molecular weight excluding hydrogens is 303 g/mol. The van der Waals surface area contributed by atoms with E-state index in [4.69, 9.17) is 5.11 Å². The molecule has 2 aromatic rings. The molecule has 0 atom stereocenters. The average Bonchev–Trinajstić information content (AvgIpc) is 2.82. The van der Waals surface area contributed by atoms with Gasteiger partial charge in [0, 0.05) is 5.56 Å². The van der Waals surface area contributed by atoms with Crippen molar-refractivity contribution in [2.75, 3.05) is 0 Å². The van der Waals surface area contributed by atoms with E-state index < -0.39 is 17.7 Å². The molecule has 3 nitrogen and oxygen atoms in total. The minimum atomic E-state index is -4.50. The number of nitrogens with zero attached hydrogens (tertiary/aromatic N) is 1. The Kier molecular flexibility index (Phi) is 4.32. The zero-order chi connectivity index (χ0) is 15.6. The van der Waals surface area contributed by atoms with Crippen molar-refractivity contribution in [1.29, 1.82) is 0 Å². The first-order chi connectivity index (χ1) is 9.84. The molecule has 1 N–H and O–H groups in total. The predicted molar refractivity (Wildman–Crippen MR) is 73.5 cm³/mol. The van der Waals surface area contributed by atoms with Gasteiger partial charge in [0.05, 0.1) is 11.3 Å². The van der Waals surface area contributed by atoms with Gasteiger partial charge in [-0.25, -0.2) is 9.78 Å². The quantitative estimate of drug-likeness (QED) is 0.905. The molecule has 0 aliphatic carbocycles. The Bertz CT molecular complexity index is 664. The van der Waals surface area contributed by atoms with Crippen LogP contribution in [-0.2, 0) is 12.6 Å². The lowest BCUT2D eigenvalue weighted by atomic mass is 10.1. The lowest BCUT2D eigenvalue weighted by Gasteiger charge is -2.10. The van der Waals surface area contributed by atoms with E-state index in [9.17, 15) is 18.0 Å². The SMILES string of the molecule is CCCc1nc(-c2ccccc2C(F)(F)F)sc1C(=O)O. The summed E-state index contributed by atoms with van der Waals surface area (Å²) < 4.78 is 39.0. The van der Waals surface area contributed by atoms with Gasteiger partial charge in [0.15, 0.2) is 0 Å². The van der Waals surface area contributed by atoms with Crippen LogP contribution in [0.25, 0.3) is 10.6 Å². The summed E-state index contributed by atoms with van der Waals surface area (Å²) in [6, 6.07) is 5.05. The van der Waals surface area contributed by atoms with Crippen LogP contribution >= 0.6 is 11.3 Å². The third-order valence-electron chi connectivity index (χ3n) is 2.84. The number of benzene rings is 1. The third kappa shape index (κ3) is 3.24. The Labute approximate surface area is 123 Å². The first-order valence-electron chi connectivity index (χ1n) is 6.24. The van der Waals surface area contributed by atoms with Crippen LogP contribution in [0.15, 0.2) is 24.3 Å². The Morgan fingerprint density at radius 3 is 2.57 bits per heavy atom. The Hall–Kier alpha value is -1.89. The molecule has 0 saturated carbocycles. The summed E-state index contributed by atoms with van der Waals surface area (Å²) in [4.78, 5) is 15.3. The van der Waals surface area contributed by atoms with Gasteiger partial charge in [-0.1, -0.05) is 31.5 Å². The van der Waals surface area contributed by atoms with E-state index in [2.05, 4.69) is 4.98 Å². The van der Waals surface area contributed by atoms with Crippen molar-refractivity contribution < 1.29 is 23.1 Å². The molecule has 0 unspecified atom stereocenters. The number of carbonyl (C=O) groups is 1. The number of alkyl halides is 3. The summed E-state index contributed by atoms with van der Waals surface area (Å²) in [5, 5.41) is 9.22. The zero-order valence-corrected chi connectivity index (χ0v) is 11.9. The van der Waals surface area contributed by atoms with Crippen molar-refractivity contribution in [3.05, 3.63) is 40.4 Å². The summed E-state index contributed by atoms with van der Waals surface area (Å²) in [6.45, 7) is 1.86. The largest absolute Gasteiger partial charge is 0.477 e. The van der Waals surface area contributed by atoms with Crippen LogP contribution in [0.3, 0.4) is 0 Å². The number of hydrogen-bond acceptors (Lipinski definition) is 3. The smallest absolute Gasteiger partial charge is 0.417 e. The number of carboxylic acid groups (broad SMARTS) is 1. The topological polar surface area (TPSA) is 50.2 Å². The van der Waals surface area contributed by atoms with Crippen LogP contribution < -0.4 is 0 Å². The molecule has 0 saturated heterocycles. The first-order valence-corrected chi connectivity index (χ1v) is 7.05. The molecule has 0 bridgehead atoms. The van der Waals surface area contributed by atoms with Crippen LogP contribution in [0.5, 0.6) is 0 Å². The normalized spacial score (nSPS) is 11.6. The molecule has 1 heterocycles. The lowest BCUT2D eigenvalue weighted by Crippen LogP contribution is -2.06. The minimum absolute atomic E-state index is 0.00354. The van der Waals surface area contributed by atoms with Crippen molar-refractivity contribution in [1.82, 2.24) is 4.98 Å². The van der Waals surface area contributed by atoms with E-state index in [0.717, 1.165) is 17.4 Å². The van der Waals surface area contributed by atoms with Gasteiger partial charge in [0.2, 0.25) is 0 Å². The summed E-state index contributed by atoms with van der Waals surface area (Å²) in [6.07, 6.45) is -3.41. The highest BCUT2D eigenvalue weighted by atomic mass is 32.1.